The molecule has 1 aliphatic carbocycles. The van der Waals surface area contributed by atoms with Crippen molar-refractivity contribution in [1.29, 1.82) is 0 Å². The summed E-state index contributed by atoms with van der Waals surface area (Å²) in [6, 6.07) is 9.20. The molecule has 1 aliphatic heterocycles. The lowest BCUT2D eigenvalue weighted by molar-refractivity contribution is 0.0385. The molecule has 0 spiro atoms. The van der Waals surface area contributed by atoms with Gasteiger partial charge in [0.25, 0.3) is 5.91 Å². The number of aromatic amines is 1. The number of likely N-dealkylation sites (tertiary alicyclic amines) is 1. The van der Waals surface area contributed by atoms with Crippen molar-refractivity contribution in [3.05, 3.63) is 46.2 Å². The molecule has 1 N–H and O–H groups in total. The molecule has 1 amide bonds. The third-order valence-electron chi connectivity index (χ3n) is 5.47. The molecule has 1 saturated carbocycles. The van der Waals surface area contributed by atoms with E-state index in [9.17, 15) is 9.59 Å². The SMILES string of the molecule is O=C(c1cc(=O)c2ccccc2[nH]1)N1CCCC2CCCCC21. The van der Waals surface area contributed by atoms with Crippen LogP contribution in [0.1, 0.15) is 49.0 Å². The first-order chi connectivity index (χ1) is 11.2. The molecule has 4 rings (SSSR count). The number of nitrogens with one attached hydrogen (secondary N) is 1. The average molecular weight is 310 g/mol. The number of para-hydroxylation sites is 1. The van der Waals surface area contributed by atoms with Gasteiger partial charge in [0.05, 0.1) is 0 Å². The highest BCUT2D eigenvalue weighted by molar-refractivity contribution is 5.95. The fourth-order valence-electron chi connectivity index (χ4n) is 4.34. The average Bonchev–Trinajstić information content (AvgIpc) is 2.60. The molecule has 2 aromatic rings. The van der Waals surface area contributed by atoms with Crippen molar-refractivity contribution in [2.45, 2.75) is 44.6 Å². The lowest BCUT2D eigenvalue weighted by Crippen LogP contribution is -2.50. The summed E-state index contributed by atoms with van der Waals surface area (Å²) in [5, 5.41) is 0.637. The summed E-state index contributed by atoms with van der Waals surface area (Å²) < 4.78 is 0. The normalized spacial score (nSPS) is 24.4. The molecule has 120 valence electrons. The van der Waals surface area contributed by atoms with Crippen LogP contribution < -0.4 is 5.43 Å². The number of amides is 1. The number of carbonyl (C=O) groups excluding carboxylic acids is 1. The van der Waals surface area contributed by atoms with Gasteiger partial charge in [0.2, 0.25) is 0 Å². The van der Waals surface area contributed by atoms with Gasteiger partial charge in [0.1, 0.15) is 5.69 Å². The summed E-state index contributed by atoms with van der Waals surface area (Å²) in [4.78, 5) is 30.5. The minimum Gasteiger partial charge on any atom is -0.350 e. The summed E-state index contributed by atoms with van der Waals surface area (Å²) in [5.74, 6) is 0.637. The Kier molecular flexibility index (Phi) is 3.68. The molecule has 2 unspecified atom stereocenters. The third-order valence-corrected chi connectivity index (χ3v) is 5.47. The second-order valence-corrected chi connectivity index (χ2v) is 6.85. The van der Waals surface area contributed by atoms with Crippen molar-refractivity contribution in [3.63, 3.8) is 0 Å². The van der Waals surface area contributed by atoms with E-state index in [0.717, 1.165) is 24.9 Å². The summed E-state index contributed by atoms with van der Waals surface area (Å²) in [7, 11) is 0. The second-order valence-electron chi connectivity index (χ2n) is 6.85. The zero-order valence-electron chi connectivity index (χ0n) is 13.3. The maximum absolute atomic E-state index is 13.0. The maximum atomic E-state index is 13.0. The number of benzene rings is 1. The Morgan fingerprint density at radius 3 is 2.78 bits per heavy atom. The standard InChI is InChI=1S/C19H22N2O2/c22-18-12-16(20-15-9-3-2-8-14(15)18)19(23)21-11-5-7-13-6-1-4-10-17(13)21/h2-3,8-9,12-13,17H,1,4-7,10-11H2,(H,20,22). The van der Waals surface area contributed by atoms with Crippen molar-refractivity contribution in [2.24, 2.45) is 5.92 Å². The highest BCUT2D eigenvalue weighted by atomic mass is 16.2. The summed E-state index contributed by atoms with van der Waals surface area (Å²) >= 11 is 0. The predicted molar refractivity (Wildman–Crippen MR) is 90.6 cm³/mol. The van der Waals surface area contributed by atoms with E-state index >= 15 is 0 Å². The first-order valence-electron chi connectivity index (χ1n) is 8.67. The molecular formula is C19H22N2O2. The van der Waals surface area contributed by atoms with Gasteiger partial charge in [0, 0.05) is 29.6 Å². The second kappa shape index (κ2) is 5.84. The number of carbonyl (C=O) groups is 1. The zero-order chi connectivity index (χ0) is 15.8. The molecule has 23 heavy (non-hydrogen) atoms. The van der Waals surface area contributed by atoms with Crippen LogP contribution >= 0.6 is 0 Å². The van der Waals surface area contributed by atoms with Gasteiger partial charge >= 0.3 is 0 Å². The van der Waals surface area contributed by atoms with E-state index < -0.39 is 0 Å². The largest absolute Gasteiger partial charge is 0.350 e. The molecule has 2 aliphatic rings. The highest BCUT2D eigenvalue weighted by Crippen LogP contribution is 2.35. The molecule has 1 saturated heterocycles. The zero-order valence-corrected chi connectivity index (χ0v) is 13.3. The monoisotopic (exact) mass is 310 g/mol. The summed E-state index contributed by atoms with van der Waals surface area (Å²) in [6.07, 6.45) is 7.15. The number of nitrogens with zero attached hydrogens (tertiary/aromatic N) is 1. The lowest BCUT2D eigenvalue weighted by atomic mass is 9.78. The Labute approximate surface area is 135 Å². The Hall–Kier alpha value is -2.10. The van der Waals surface area contributed by atoms with Gasteiger partial charge in [-0.25, -0.2) is 0 Å². The van der Waals surface area contributed by atoms with Crippen LogP contribution in [0.2, 0.25) is 0 Å². The molecule has 0 bridgehead atoms. The Morgan fingerprint density at radius 1 is 1.09 bits per heavy atom. The number of piperidine rings is 1. The number of hydrogen-bond donors (Lipinski definition) is 1. The van der Waals surface area contributed by atoms with Crippen LogP contribution in [-0.2, 0) is 0 Å². The molecule has 4 nitrogen and oxygen atoms in total. The van der Waals surface area contributed by atoms with Crippen LogP contribution in [0.3, 0.4) is 0 Å². The molecule has 1 aromatic carbocycles. The van der Waals surface area contributed by atoms with Crippen molar-refractivity contribution in [2.75, 3.05) is 6.54 Å². The van der Waals surface area contributed by atoms with Crippen LogP contribution in [0.4, 0.5) is 0 Å². The molecule has 0 radical (unpaired) electrons. The minimum absolute atomic E-state index is 0.00977. The Morgan fingerprint density at radius 2 is 1.87 bits per heavy atom. The van der Waals surface area contributed by atoms with Crippen molar-refractivity contribution < 1.29 is 4.79 Å². The number of pyridine rings is 1. The fourth-order valence-corrected chi connectivity index (χ4v) is 4.34. The molecule has 2 heterocycles. The van der Waals surface area contributed by atoms with Gasteiger partial charge < -0.3 is 9.88 Å². The number of fused-ring (bicyclic) bond motifs is 2. The Balaban J connectivity index is 1.69. The fraction of sp³-hybridized carbons (Fsp3) is 0.474. The van der Waals surface area contributed by atoms with Gasteiger partial charge in [-0.1, -0.05) is 25.0 Å². The molecule has 4 heteroatoms. The van der Waals surface area contributed by atoms with E-state index in [1.807, 2.05) is 23.1 Å². The van der Waals surface area contributed by atoms with Gasteiger partial charge in [-0.15, -0.1) is 0 Å². The lowest BCUT2D eigenvalue weighted by Gasteiger charge is -2.44. The quantitative estimate of drug-likeness (QED) is 0.878. The number of rotatable bonds is 1. The summed E-state index contributed by atoms with van der Waals surface area (Å²) in [6.45, 7) is 0.814. The van der Waals surface area contributed by atoms with Crippen molar-refractivity contribution in [1.82, 2.24) is 9.88 Å². The van der Waals surface area contributed by atoms with Crippen LogP contribution in [0, 0.1) is 5.92 Å². The number of aromatic nitrogens is 1. The summed E-state index contributed by atoms with van der Waals surface area (Å²) in [5.41, 5.74) is 1.08. The van der Waals surface area contributed by atoms with Crippen LogP contribution in [0.15, 0.2) is 35.1 Å². The van der Waals surface area contributed by atoms with E-state index in [-0.39, 0.29) is 11.3 Å². The van der Waals surface area contributed by atoms with E-state index in [1.165, 1.54) is 31.7 Å². The van der Waals surface area contributed by atoms with E-state index in [4.69, 9.17) is 0 Å². The first-order valence-corrected chi connectivity index (χ1v) is 8.67. The van der Waals surface area contributed by atoms with Gasteiger partial charge in [-0.05, 0) is 43.7 Å². The molecule has 2 fully saturated rings. The van der Waals surface area contributed by atoms with Crippen LogP contribution in [0.25, 0.3) is 10.9 Å². The van der Waals surface area contributed by atoms with E-state index in [2.05, 4.69) is 4.98 Å². The number of H-pyrrole nitrogens is 1. The number of hydrogen-bond acceptors (Lipinski definition) is 2. The highest BCUT2D eigenvalue weighted by Gasteiger charge is 2.36. The van der Waals surface area contributed by atoms with Gasteiger partial charge in [-0.3, -0.25) is 9.59 Å². The smallest absolute Gasteiger partial charge is 0.270 e. The topological polar surface area (TPSA) is 53.2 Å². The van der Waals surface area contributed by atoms with Gasteiger partial charge in [-0.2, -0.15) is 0 Å². The molecule has 1 aromatic heterocycles. The maximum Gasteiger partial charge on any atom is 0.270 e. The minimum atomic E-state index is -0.0834. The molecule has 2 atom stereocenters. The third kappa shape index (κ3) is 2.56. The van der Waals surface area contributed by atoms with Gasteiger partial charge in [0.15, 0.2) is 5.43 Å². The Bertz CT molecular complexity index is 793. The van der Waals surface area contributed by atoms with Crippen molar-refractivity contribution in [3.8, 4) is 0 Å². The molecular weight excluding hydrogens is 288 g/mol. The van der Waals surface area contributed by atoms with Crippen LogP contribution in [0.5, 0.6) is 0 Å². The predicted octanol–water partition coefficient (Wildman–Crippen LogP) is 3.32. The van der Waals surface area contributed by atoms with E-state index in [0.29, 0.717) is 23.0 Å². The van der Waals surface area contributed by atoms with E-state index in [1.54, 1.807) is 6.07 Å². The van der Waals surface area contributed by atoms with Crippen molar-refractivity contribution >= 4 is 16.8 Å². The van der Waals surface area contributed by atoms with Crippen LogP contribution in [-0.4, -0.2) is 28.4 Å². The first kappa shape index (κ1) is 14.5.